The first-order chi connectivity index (χ1) is 15.6. The molecule has 166 valence electrons. The summed E-state index contributed by atoms with van der Waals surface area (Å²) in [6.07, 6.45) is 0. The molecule has 1 aliphatic heterocycles. The lowest BCUT2D eigenvalue weighted by atomic mass is 10.0. The summed E-state index contributed by atoms with van der Waals surface area (Å²) in [5, 5.41) is 23.6. The summed E-state index contributed by atoms with van der Waals surface area (Å²) in [5.41, 5.74) is 1.79. The highest BCUT2D eigenvalue weighted by atomic mass is 16.6. The van der Waals surface area contributed by atoms with Crippen LogP contribution in [0.1, 0.15) is 34.7 Å². The van der Waals surface area contributed by atoms with Crippen LogP contribution >= 0.6 is 0 Å². The Bertz CT molecular complexity index is 1090. The molecule has 11 nitrogen and oxygen atoms in total. The first-order valence-corrected chi connectivity index (χ1v) is 10.2. The van der Waals surface area contributed by atoms with Gasteiger partial charge >= 0.3 is 5.97 Å². The number of ether oxygens (including phenoxy) is 2. The first-order valence-electron chi connectivity index (χ1n) is 10.2. The Kier molecular flexibility index (Phi) is 6.47. The fourth-order valence-corrected chi connectivity index (χ4v) is 3.67. The van der Waals surface area contributed by atoms with Gasteiger partial charge < -0.3 is 9.47 Å². The van der Waals surface area contributed by atoms with Crippen molar-refractivity contribution >= 4 is 11.7 Å². The number of carbonyl (C=O) groups excluding carboxylic acids is 1. The molecular formula is C21H22N6O5. The Labute approximate surface area is 183 Å². The van der Waals surface area contributed by atoms with Crippen molar-refractivity contribution in [2.75, 3.05) is 32.9 Å². The molecule has 11 heteroatoms. The van der Waals surface area contributed by atoms with Crippen LogP contribution in [0.3, 0.4) is 0 Å². The Morgan fingerprint density at radius 2 is 1.97 bits per heavy atom. The van der Waals surface area contributed by atoms with Crippen LogP contribution in [-0.4, -0.2) is 68.9 Å². The van der Waals surface area contributed by atoms with Crippen molar-refractivity contribution < 1.29 is 19.2 Å². The zero-order chi connectivity index (χ0) is 22.5. The van der Waals surface area contributed by atoms with E-state index in [4.69, 9.17) is 9.47 Å². The molecule has 0 N–H and O–H groups in total. The van der Waals surface area contributed by atoms with Gasteiger partial charge in [-0.1, -0.05) is 12.1 Å². The molecule has 3 aromatic rings. The summed E-state index contributed by atoms with van der Waals surface area (Å²) in [5.74, 6) is 0.107. The van der Waals surface area contributed by atoms with Crippen molar-refractivity contribution in [2.45, 2.75) is 13.0 Å². The number of nitrogens with zero attached hydrogens (tertiary/aromatic N) is 6. The van der Waals surface area contributed by atoms with Gasteiger partial charge in [0.25, 0.3) is 5.69 Å². The van der Waals surface area contributed by atoms with Crippen LogP contribution in [0, 0.1) is 10.1 Å². The molecule has 0 saturated carbocycles. The largest absolute Gasteiger partial charge is 0.462 e. The van der Waals surface area contributed by atoms with Gasteiger partial charge in [0.15, 0.2) is 5.82 Å². The third kappa shape index (κ3) is 4.48. The summed E-state index contributed by atoms with van der Waals surface area (Å²) in [6, 6.07) is 12.8. The molecule has 0 spiro atoms. The van der Waals surface area contributed by atoms with Crippen LogP contribution in [0.15, 0.2) is 48.5 Å². The maximum absolute atomic E-state index is 12.0. The molecule has 32 heavy (non-hydrogen) atoms. The summed E-state index contributed by atoms with van der Waals surface area (Å²) in [7, 11) is 0. The average molecular weight is 438 g/mol. The number of carbonyl (C=O) groups is 1. The normalized spacial score (nSPS) is 15.3. The minimum atomic E-state index is -0.420. The lowest BCUT2D eigenvalue weighted by Crippen LogP contribution is -2.40. The number of nitro benzene ring substituents is 1. The number of non-ortho nitro benzene ring substituents is 1. The SMILES string of the molecule is CCOC(=O)c1ccc(-n2nnnc2[C@H](c2cccc([N+](=O)[O-])c2)N2CCOCC2)cc1. The van der Waals surface area contributed by atoms with Gasteiger partial charge in [0, 0.05) is 25.2 Å². The van der Waals surface area contributed by atoms with Crippen LogP contribution in [-0.2, 0) is 9.47 Å². The highest BCUT2D eigenvalue weighted by Gasteiger charge is 2.30. The molecule has 1 aliphatic rings. The van der Waals surface area contributed by atoms with Crippen LogP contribution in [0.25, 0.3) is 5.69 Å². The molecule has 0 amide bonds. The van der Waals surface area contributed by atoms with Crippen LogP contribution in [0.4, 0.5) is 5.69 Å². The Morgan fingerprint density at radius 1 is 1.22 bits per heavy atom. The first kappa shape index (κ1) is 21.5. The minimum absolute atomic E-state index is 0.00132. The van der Waals surface area contributed by atoms with Crippen LogP contribution in [0.5, 0.6) is 0 Å². The van der Waals surface area contributed by atoms with Crippen molar-refractivity contribution in [2.24, 2.45) is 0 Å². The lowest BCUT2D eigenvalue weighted by molar-refractivity contribution is -0.384. The molecule has 2 heterocycles. The van der Waals surface area contributed by atoms with E-state index in [2.05, 4.69) is 20.4 Å². The summed E-state index contributed by atoms with van der Waals surface area (Å²) < 4.78 is 12.1. The van der Waals surface area contributed by atoms with Crippen LogP contribution in [0.2, 0.25) is 0 Å². The zero-order valence-corrected chi connectivity index (χ0v) is 17.5. The van der Waals surface area contributed by atoms with Crippen molar-refractivity contribution in [3.05, 3.63) is 75.6 Å². The molecule has 4 rings (SSSR count). The van der Waals surface area contributed by atoms with Crippen molar-refractivity contribution in [3.63, 3.8) is 0 Å². The maximum Gasteiger partial charge on any atom is 0.338 e. The van der Waals surface area contributed by atoms with Gasteiger partial charge in [-0.2, -0.15) is 4.68 Å². The number of nitro groups is 1. The predicted molar refractivity (Wildman–Crippen MR) is 112 cm³/mol. The summed E-state index contributed by atoms with van der Waals surface area (Å²) in [6.45, 7) is 4.38. The van der Waals surface area contributed by atoms with Gasteiger partial charge in [-0.3, -0.25) is 15.0 Å². The van der Waals surface area contributed by atoms with Gasteiger partial charge in [-0.05, 0) is 47.2 Å². The number of aromatic nitrogens is 4. The van der Waals surface area contributed by atoms with Crippen molar-refractivity contribution in [1.82, 2.24) is 25.1 Å². The van der Waals surface area contributed by atoms with E-state index in [9.17, 15) is 14.9 Å². The Hall–Kier alpha value is -3.70. The average Bonchev–Trinajstić information content (AvgIpc) is 3.30. The number of rotatable bonds is 7. The van der Waals surface area contributed by atoms with Gasteiger partial charge in [-0.25, -0.2) is 4.79 Å². The smallest absolute Gasteiger partial charge is 0.338 e. The second-order valence-electron chi connectivity index (χ2n) is 7.12. The van der Waals surface area contributed by atoms with E-state index in [0.717, 1.165) is 0 Å². The molecule has 1 fully saturated rings. The van der Waals surface area contributed by atoms with E-state index < -0.39 is 16.9 Å². The van der Waals surface area contributed by atoms with E-state index in [0.29, 0.717) is 55.5 Å². The molecule has 2 aromatic carbocycles. The van der Waals surface area contributed by atoms with Gasteiger partial charge in [-0.15, -0.1) is 5.10 Å². The van der Waals surface area contributed by atoms with Crippen LogP contribution < -0.4 is 0 Å². The molecular weight excluding hydrogens is 416 g/mol. The quantitative estimate of drug-likeness (QED) is 0.310. The molecule has 0 bridgehead atoms. The second-order valence-corrected chi connectivity index (χ2v) is 7.12. The number of benzene rings is 2. The highest BCUT2D eigenvalue weighted by Crippen LogP contribution is 2.31. The Balaban J connectivity index is 1.74. The van der Waals surface area contributed by atoms with E-state index in [-0.39, 0.29) is 5.69 Å². The van der Waals surface area contributed by atoms with Gasteiger partial charge in [0.2, 0.25) is 0 Å². The summed E-state index contributed by atoms with van der Waals surface area (Å²) in [4.78, 5) is 25.0. The second kappa shape index (κ2) is 9.62. The molecule has 1 aromatic heterocycles. The third-order valence-corrected chi connectivity index (χ3v) is 5.17. The van der Waals surface area contributed by atoms with E-state index >= 15 is 0 Å². The molecule has 1 saturated heterocycles. The highest BCUT2D eigenvalue weighted by molar-refractivity contribution is 5.89. The topological polar surface area (TPSA) is 126 Å². The Morgan fingerprint density at radius 3 is 2.66 bits per heavy atom. The predicted octanol–water partition coefficient (Wildman–Crippen LogP) is 2.17. The van der Waals surface area contributed by atoms with E-state index in [1.165, 1.54) is 6.07 Å². The van der Waals surface area contributed by atoms with Gasteiger partial charge in [0.1, 0.15) is 0 Å². The summed E-state index contributed by atoms with van der Waals surface area (Å²) >= 11 is 0. The molecule has 0 unspecified atom stereocenters. The number of hydrogen-bond acceptors (Lipinski definition) is 9. The third-order valence-electron chi connectivity index (χ3n) is 5.17. The monoisotopic (exact) mass is 438 g/mol. The lowest BCUT2D eigenvalue weighted by Gasteiger charge is -2.33. The van der Waals surface area contributed by atoms with Crippen molar-refractivity contribution in [1.29, 1.82) is 0 Å². The van der Waals surface area contributed by atoms with E-state index in [1.54, 1.807) is 48.0 Å². The zero-order valence-electron chi connectivity index (χ0n) is 17.5. The molecule has 0 radical (unpaired) electrons. The standard InChI is InChI=1S/C21H22N6O5/c1-2-32-21(28)15-6-8-17(9-7-15)26-20(22-23-24-26)19(25-10-12-31-13-11-25)16-4-3-5-18(14-16)27(29)30/h3-9,14,19H,2,10-13H2,1H3/t19-/m0/s1. The molecule has 1 atom stereocenters. The number of hydrogen-bond donors (Lipinski definition) is 0. The number of esters is 1. The van der Waals surface area contributed by atoms with Crippen molar-refractivity contribution in [3.8, 4) is 5.69 Å². The molecule has 0 aliphatic carbocycles. The maximum atomic E-state index is 12.0. The minimum Gasteiger partial charge on any atom is -0.462 e. The number of tetrazole rings is 1. The fraction of sp³-hybridized carbons (Fsp3) is 0.333. The fourth-order valence-electron chi connectivity index (χ4n) is 3.67. The number of morpholine rings is 1. The van der Waals surface area contributed by atoms with E-state index in [1.807, 2.05) is 6.07 Å². The van der Waals surface area contributed by atoms with Gasteiger partial charge in [0.05, 0.1) is 42.0 Å².